The molecule has 1 aliphatic heterocycles. The molecule has 0 atom stereocenters. The van der Waals surface area contributed by atoms with Gasteiger partial charge in [-0.15, -0.1) is 0 Å². The molecule has 0 bridgehead atoms. The summed E-state index contributed by atoms with van der Waals surface area (Å²) in [4.78, 5) is 28.3. The number of hydrogen-bond acceptors (Lipinski definition) is 8. The minimum Gasteiger partial charge on any atom is -0.378 e. The highest BCUT2D eigenvalue weighted by Crippen LogP contribution is 2.26. The molecule has 1 fully saturated rings. The minimum atomic E-state index is -0.0525. The van der Waals surface area contributed by atoms with Crippen LogP contribution < -0.4 is 15.8 Å². The van der Waals surface area contributed by atoms with Crippen LogP contribution in [0.1, 0.15) is 12.5 Å². The van der Waals surface area contributed by atoms with Crippen LogP contribution in [0.2, 0.25) is 0 Å². The van der Waals surface area contributed by atoms with E-state index >= 15 is 0 Å². The van der Waals surface area contributed by atoms with Gasteiger partial charge in [0, 0.05) is 25.7 Å². The van der Waals surface area contributed by atoms with Crippen molar-refractivity contribution in [3.63, 3.8) is 0 Å². The lowest BCUT2D eigenvalue weighted by atomic mass is 10.2. The molecule has 0 radical (unpaired) electrons. The Balaban J connectivity index is 1.61. The molecule has 1 aliphatic rings. The average molecular weight is 406 g/mol. The van der Waals surface area contributed by atoms with Gasteiger partial charge < -0.3 is 19.5 Å². The van der Waals surface area contributed by atoms with Gasteiger partial charge in [-0.3, -0.25) is 4.79 Å². The third-order valence-corrected chi connectivity index (χ3v) is 5.37. The molecule has 0 aromatic carbocycles. The monoisotopic (exact) mass is 406 g/mol. The zero-order valence-electron chi connectivity index (χ0n) is 16.9. The van der Waals surface area contributed by atoms with Crippen molar-refractivity contribution >= 4 is 34.0 Å². The zero-order valence-corrected chi connectivity index (χ0v) is 16.9. The highest BCUT2D eigenvalue weighted by molar-refractivity contribution is 5.89. The summed E-state index contributed by atoms with van der Waals surface area (Å²) in [6.45, 7) is 7.19. The molecular formula is C20H22N8O2. The van der Waals surface area contributed by atoms with Gasteiger partial charge >= 0.3 is 0 Å². The molecule has 4 aromatic heterocycles. The van der Waals surface area contributed by atoms with Crippen molar-refractivity contribution in [2.24, 2.45) is 0 Å². The maximum Gasteiger partial charge on any atom is 0.253 e. The maximum atomic E-state index is 12.7. The summed E-state index contributed by atoms with van der Waals surface area (Å²) in [7, 11) is 0. The number of hydrogen-bond donors (Lipinski definition) is 1. The first-order valence-corrected chi connectivity index (χ1v) is 9.94. The van der Waals surface area contributed by atoms with E-state index in [0.29, 0.717) is 25.7 Å². The number of aromatic nitrogens is 6. The molecular weight excluding hydrogens is 384 g/mol. The lowest BCUT2D eigenvalue weighted by Crippen LogP contribution is -2.37. The molecule has 154 valence electrons. The van der Waals surface area contributed by atoms with Crippen LogP contribution in [0.4, 0.5) is 17.3 Å². The Kier molecular flexibility index (Phi) is 4.55. The van der Waals surface area contributed by atoms with Gasteiger partial charge in [0.25, 0.3) is 5.56 Å². The van der Waals surface area contributed by atoms with Crippen molar-refractivity contribution in [3.8, 4) is 0 Å². The number of morpholine rings is 1. The number of nitrogens with zero attached hydrogens (tertiary/aromatic N) is 7. The van der Waals surface area contributed by atoms with Gasteiger partial charge in [0.15, 0.2) is 5.65 Å². The van der Waals surface area contributed by atoms with Crippen molar-refractivity contribution in [2.45, 2.75) is 20.4 Å². The first-order valence-electron chi connectivity index (χ1n) is 9.94. The summed E-state index contributed by atoms with van der Waals surface area (Å²) in [5, 5.41) is 7.47. The number of nitrogens with one attached hydrogen (secondary N) is 1. The van der Waals surface area contributed by atoms with Crippen LogP contribution in [0.5, 0.6) is 0 Å². The van der Waals surface area contributed by atoms with Gasteiger partial charge in [-0.1, -0.05) is 0 Å². The first-order chi connectivity index (χ1) is 14.6. The second-order valence-corrected chi connectivity index (χ2v) is 7.20. The van der Waals surface area contributed by atoms with Gasteiger partial charge in [-0.2, -0.15) is 5.10 Å². The SMILES string of the molecule is CCn1c(=O)cc(N2CCOCC2)c2nc(Nc3cn4ncnc4cc3C)ncc21. The van der Waals surface area contributed by atoms with E-state index in [9.17, 15) is 4.79 Å². The largest absolute Gasteiger partial charge is 0.378 e. The number of anilines is 3. The van der Waals surface area contributed by atoms with Crippen LogP contribution in [0, 0.1) is 6.92 Å². The molecule has 1 saturated heterocycles. The minimum absolute atomic E-state index is 0.0525. The Morgan fingerprint density at radius 3 is 2.83 bits per heavy atom. The molecule has 10 heteroatoms. The Morgan fingerprint density at radius 2 is 2.03 bits per heavy atom. The van der Waals surface area contributed by atoms with Crippen LogP contribution in [0.3, 0.4) is 0 Å². The van der Waals surface area contributed by atoms with Crippen LogP contribution >= 0.6 is 0 Å². The Morgan fingerprint density at radius 1 is 1.20 bits per heavy atom. The third-order valence-electron chi connectivity index (χ3n) is 5.37. The predicted octanol–water partition coefficient (Wildman–Crippen LogP) is 1.74. The molecule has 0 saturated carbocycles. The quantitative estimate of drug-likeness (QED) is 0.547. The van der Waals surface area contributed by atoms with Crippen molar-refractivity contribution in [3.05, 3.63) is 46.8 Å². The molecule has 0 aliphatic carbocycles. The number of ether oxygens (including phenoxy) is 1. The Bertz CT molecular complexity index is 1290. The molecule has 0 spiro atoms. The second-order valence-electron chi connectivity index (χ2n) is 7.20. The molecule has 1 N–H and O–H groups in total. The summed E-state index contributed by atoms with van der Waals surface area (Å²) in [5.74, 6) is 0.459. The Hall–Kier alpha value is -3.53. The fraction of sp³-hybridized carbons (Fsp3) is 0.350. The van der Waals surface area contributed by atoms with Crippen LogP contribution in [0.15, 0.2) is 35.6 Å². The molecule has 0 amide bonds. The molecule has 0 unspecified atom stereocenters. The zero-order chi connectivity index (χ0) is 20.7. The van der Waals surface area contributed by atoms with Crippen molar-refractivity contribution < 1.29 is 4.74 Å². The average Bonchev–Trinajstić information content (AvgIpc) is 3.21. The number of fused-ring (bicyclic) bond motifs is 2. The second kappa shape index (κ2) is 7.38. The summed E-state index contributed by atoms with van der Waals surface area (Å²) in [6, 6.07) is 3.62. The number of aryl methyl sites for hydroxylation is 2. The number of pyridine rings is 2. The lowest BCUT2D eigenvalue weighted by Gasteiger charge is -2.29. The normalized spacial score (nSPS) is 14.5. The summed E-state index contributed by atoms with van der Waals surface area (Å²) < 4.78 is 8.86. The van der Waals surface area contributed by atoms with Gasteiger partial charge in [0.05, 0.1) is 42.5 Å². The summed E-state index contributed by atoms with van der Waals surface area (Å²) in [6.07, 6.45) is 5.09. The van der Waals surface area contributed by atoms with Crippen LogP contribution in [-0.4, -0.2) is 55.4 Å². The van der Waals surface area contributed by atoms with Gasteiger partial charge in [-0.25, -0.2) is 19.5 Å². The smallest absolute Gasteiger partial charge is 0.253 e. The highest BCUT2D eigenvalue weighted by Gasteiger charge is 2.19. The van der Waals surface area contributed by atoms with E-state index in [-0.39, 0.29) is 5.56 Å². The van der Waals surface area contributed by atoms with E-state index in [4.69, 9.17) is 9.72 Å². The van der Waals surface area contributed by atoms with Crippen molar-refractivity contribution in [1.82, 2.24) is 29.1 Å². The predicted molar refractivity (Wildman–Crippen MR) is 114 cm³/mol. The van der Waals surface area contributed by atoms with Crippen molar-refractivity contribution in [2.75, 3.05) is 36.5 Å². The molecule has 30 heavy (non-hydrogen) atoms. The van der Waals surface area contributed by atoms with Crippen LogP contribution in [0.25, 0.3) is 16.7 Å². The lowest BCUT2D eigenvalue weighted by molar-refractivity contribution is 0.123. The van der Waals surface area contributed by atoms with E-state index in [1.165, 1.54) is 6.33 Å². The van der Waals surface area contributed by atoms with Gasteiger partial charge in [0.2, 0.25) is 5.95 Å². The van der Waals surface area contributed by atoms with Gasteiger partial charge in [-0.05, 0) is 25.5 Å². The standard InChI is InChI=1S/C20H22N8O2/c1-3-27-16-10-21-20(24-14-11-28-17(8-13(14)2)22-12-23-28)25-19(16)15(9-18(27)29)26-4-6-30-7-5-26/h8-12H,3-7H2,1-2H3,(H,21,24,25). The maximum absolute atomic E-state index is 12.7. The van der Waals surface area contributed by atoms with E-state index in [1.54, 1.807) is 21.3 Å². The fourth-order valence-corrected chi connectivity index (χ4v) is 3.78. The van der Waals surface area contributed by atoms with Gasteiger partial charge in [0.1, 0.15) is 11.8 Å². The Labute approximate surface area is 172 Å². The molecule has 10 nitrogen and oxygen atoms in total. The first kappa shape index (κ1) is 18.5. The van der Waals surface area contributed by atoms with E-state index in [2.05, 4.69) is 25.3 Å². The molecule has 5 rings (SSSR count). The molecule has 5 heterocycles. The van der Waals surface area contributed by atoms with Crippen LogP contribution in [-0.2, 0) is 11.3 Å². The fourth-order valence-electron chi connectivity index (χ4n) is 3.78. The van der Waals surface area contributed by atoms with E-state index in [1.807, 2.05) is 26.1 Å². The van der Waals surface area contributed by atoms with E-state index < -0.39 is 0 Å². The topological polar surface area (TPSA) is 102 Å². The van der Waals surface area contributed by atoms with Crippen molar-refractivity contribution in [1.29, 1.82) is 0 Å². The van der Waals surface area contributed by atoms with E-state index in [0.717, 1.165) is 46.7 Å². The molecule has 4 aromatic rings. The third kappa shape index (κ3) is 3.14. The highest BCUT2D eigenvalue weighted by atomic mass is 16.5. The number of rotatable bonds is 4. The summed E-state index contributed by atoms with van der Waals surface area (Å²) >= 11 is 0. The summed E-state index contributed by atoms with van der Waals surface area (Å²) in [5.41, 5.74) is 4.85.